The minimum absolute atomic E-state index is 0.166. The molecule has 0 spiro atoms. The Kier molecular flexibility index (Phi) is 3.69. The Bertz CT molecular complexity index is 449. The molecule has 1 saturated heterocycles. The molecule has 1 N–H and O–H groups in total. The molecule has 2 rings (SSSR count). The lowest BCUT2D eigenvalue weighted by Crippen LogP contribution is -2.44. The number of aromatic amines is 1. The molecular weight excluding hydrogens is 242 g/mol. The van der Waals surface area contributed by atoms with Crippen LogP contribution in [0.1, 0.15) is 13.3 Å². The number of halogens is 1. The Morgan fingerprint density at radius 3 is 3.12 bits per heavy atom. The van der Waals surface area contributed by atoms with Gasteiger partial charge in [-0.3, -0.25) is 4.79 Å². The number of methoxy groups -OCH3 is 1. The van der Waals surface area contributed by atoms with E-state index in [1.165, 1.54) is 0 Å². The van der Waals surface area contributed by atoms with Gasteiger partial charge >= 0.3 is 0 Å². The third-order valence-electron chi connectivity index (χ3n) is 3.31. The van der Waals surface area contributed by atoms with E-state index in [4.69, 9.17) is 16.3 Å². The maximum atomic E-state index is 11.4. The topological polar surface area (TPSA) is 58.2 Å². The molecule has 2 atom stereocenters. The monoisotopic (exact) mass is 257 g/mol. The van der Waals surface area contributed by atoms with Gasteiger partial charge in [-0.05, 0) is 12.3 Å². The molecule has 1 aliphatic rings. The van der Waals surface area contributed by atoms with Crippen molar-refractivity contribution < 1.29 is 4.74 Å². The van der Waals surface area contributed by atoms with Crippen LogP contribution in [-0.2, 0) is 4.74 Å². The average Bonchev–Trinajstić information content (AvgIpc) is 2.34. The zero-order valence-electron chi connectivity index (χ0n) is 9.94. The molecule has 0 bridgehead atoms. The van der Waals surface area contributed by atoms with E-state index in [2.05, 4.69) is 22.0 Å². The number of piperidine rings is 1. The second-order valence-corrected chi connectivity index (χ2v) is 4.76. The molecule has 0 amide bonds. The van der Waals surface area contributed by atoms with E-state index >= 15 is 0 Å². The summed E-state index contributed by atoms with van der Waals surface area (Å²) in [6.45, 7) is 3.78. The number of ether oxygens (including phenoxy) is 1. The Hall–Kier alpha value is -1.07. The van der Waals surface area contributed by atoms with Crippen LogP contribution in [0.5, 0.6) is 0 Å². The standard InChI is InChI=1S/C11H16ClN3O2/c1-7-3-4-15(6-9(7)17-2)8-5-13-14-11(16)10(8)12/h5,7,9H,3-4,6H2,1-2H3,(H,14,16). The zero-order valence-corrected chi connectivity index (χ0v) is 10.7. The predicted molar refractivity (Wildman–Crippen MR) is 66.7 cm³/mol. The van der Waals surface area contributed by atoms with Crippen LogP contribution in [0.25, 0.3) is 0 Å². The van der Waals surface area contributed by atoms with E-state index in [9.17, 15) is 4.79 Å². The van der Waals surface area contributed by atoms with Crippen molar-refractivity contribution in [2.24, 2.45) is 5.92 Å². The number of aromatic nitrogens is 2. The van der Waals surface area contributed by atoms with Gasteiger partial charge < -0.3 is 9.64 Å². The summed E-state index contributed by atoms with van der Waals surface area (Å²) in [5.74, 6) is 0.519. The highest BCUT2D eigenvalue weighted by Crippen LogP contribution is 2.27. The molecule has 2 heterocycles. The van der Waals surface area contributed by atoms with Gasteiger partial charge in [-0.2, -0.15) is 5.10 Å². The smallest absolute Gasteiger partial charge is 0.285 e. The van der Waals surface area contributed by atoms with E-state index in [1.807, 2.05) is 0 Å². The fourth-order valence-electron chi connectivity index (χ4n) is 2.15. The van der Waals surface area contributed by atoms with Crippen LogP contribution >= 0.6 is 11.6 Å². The molecule has 1 aromatic rings. The predicted octanol–water partition coefficient (Wildman–Crippen LogP) is 1.28. The Morgan fingerprint density at radius 1 is 1.65 bits per heavy atom. The lowest BCUT2D eigenvalue weighted by atomic mass is 9.95. The number of H-pyrrole nitrogens is 1. The second-order valence-electron chi connectivity index (χ2n) is 4.38. The fourth-order valence-corrected chi connectivity index (χ4v) is 2.36. The number of hydrogen-bond donors (Lipinski definition) is 1. The van der Waals surface area contributed by atoms with Gasteiger partial charge in [0.05, 0.1) is 18.0 Å². The van der Waals surface area contributed by atoms with Crippen LogP contribution in [0.4, 0.5) is 5.69 Å². The highest BCUT2D eigenvalue weighted by Gasteiger charge is 2.27. The van der Waals surface area contributed by atoms with Gasteiger partial charge in [0.25, 0.3) is 5.56 Å². The van der Waals surface area contributed by atoms with Crippen molar-refractivity contribution in [3.8, 4) is 0 Å². The van der Waals surface area contributed by atoms with Gasteiger partial charge in [-0.15, -0.1) is 0 Å². The molecule has 17 heavy (non-hydrogen) atoms. The highest BCUT2D eigenvalue weighted by molar-refractivity contribution is 6.32. The molecule has 0 aliphatic carbocycles. The molecule has 5 nitrogen and oxygen atoms in total. The van der Waals surface area contributed by atoms with Crippen LogP contribution in [0, 0.1) is 5.92 Å². The Labute approximate surface area is 105 Å². The molecule has 6 heteroatoms. The molecular formula is C11H16ClN3O2. The average molecular weight is 258 g/mol. The number of rotatable bonds is 2. The minimum atomic E-state index is -0.350. The maximum Gasteiger partial charge on any atom is 0.285 e. The number of nitrogens with one attached hydrogen (secondary N) is 1. The van der Waals surface area contributed by atoms with Crippen molar-refractivity contribution in [1.82, 2.24) is 10.2 Å². The van der Waals surface area contributed by atoms with Gasteiger partial charge in [-0.1, -0.05) is 18.5 Å². The number of anilines is 1. The maximum absolute atomic E-state index is 11.4. The highest BCUT2D eigenvalue weighted by atomic mass is 35.5. The largest absolute Gasteiger partial charge is 0.379 e. The van der Waals surface area contributed by atoms with Gasteiger partial charge in [0.15, 0.2) is 0 Å². The molecule has 1 aliphatic heterocycles. The first-order valence-electron chi connectivity index (χ1n) is 5.64. The van der Waals surface area contributed by atoms with E-state index < -0.39 is 0 Å². The first-order chi connectivity index (χ1) is 8.13. The Balaban J connectivity index is 2.23. The van der Waals surface area contributed by atoms with Gasteiger partial charge in [0.2, 0.25) is 0 Å². The van der Waals surface area contributed by atoms with Crippen molar-refractivity contribution in [2.75, 3.05) is 25.1 Å². The summed E-state index contributed by atoms with van der Waals surface area (Å²) in [5, 5.41) is 6.30. The van der Waals surface area contributed by atoms with Crippen LogP contribution in [0.2, 0.25) is 5.02 Å². The van der Waals surface area contributed by atoms with Crippen LogP contribution in [0.15, 0.2) is 11.0 Å². The first kappa shape index (κ1) is 12.4. The number of nitrogens with zero attached hydrogens (tertiary/aromatic N) is 2. The van der Waals surface area contributed by atoms with E-state index in [0.717, 1.165) is 19.5 Å². The fraction of sp³-hybridized carbons (Fsp3) is 0.636. The lowest BCUT2D eigenvalue weighted by molar-refractivity contribution is 0.0498. The van der Waals surface area contributed by atoms with Crippen LogP contribution < -0.4 is 10.5 Å². The summed E-state index contributed by atoms with van der Waals surface area (Å²) in [5.41, 5.74) is 0.334. The van der Waals surface area contributed by atoms with Crippen molar-refractivity contribution in [1.29, 1.82) is 0 Å². The second kappa shape index (κ2) is 5.06. The molecule has 0 saturated carbocycles. The molecule has 2 unspecified atom stereocenters. The third kappa shape index (κ3) is 2.45. The van der Waals surface area contributed by atoms with E-state index in [0.29, 0.717) is 11.6 Å². The Morgan fingerprint density at radius 2 is 2.41 bits per heavy atom. The normalized spacial score (nSPS) is 25.0. The molecule has 1 aromatic heterocycles. The quantitative estimate of drug-likeness (QED) is 0.867. The SMILES string of the molecule is COC1CN(c2cn[nH]c(=O)c2Cl)CCC1C. The molecule has 94 valence electrons. The van der Waals surface area contributed by atoms with Gasteiger partial charge in [0, 0.05) is 20.2 Å². The van der Waals surface area contributed by atoms with Crippen molar-refractivity contribution >= 4 is 17.3 Å². The van der Waals surface area contributed by atoms with Gasteiger partial charge in [0.1, 0.15) is 5.02 Å². The molecule has 0 aromatic carbocycles. The summed E-state index contributed by atoms with van der Waals surface area (Å²) >= 11 is 5.99. The van der Waals surface area contributed by atoms with Crippen molar-refractivity contribution in [2.45, 2.75) is 19.4 Å². The number of hydrogen-bond acceptors (Lipinski definition) is 4. The lowest BCUT2D eigenvalue weighted by Gasteiger charge is -2.37. The van der Waals surface area contributed by atoms with Crippen LogP contribution in [0.3, 0.4) is 0 Å². The summed E-state index contributed by atoms with van der Waals surface area (Å²) < 4.78 is 5.43. The molecule has 1 fully saturated rings. The van der Waals surface area contributed by atoms with Crippen molar-refractivity contribution in [3.63, 3.8) is 0 Å². The summed E-state index contributed by atoms with van der Waals surface area (Å²) in [6, 6.07) is 0. The van der Waals surface area contributed by atoms with E-state index in [1.54, 1.807) is 13.3 Å². The van der Waals surface area contributed by atoms with E-state index in [-0.39, 0.29) is 16.7 Å². The first-order valence-corrected chi connectivity index (χ1v) is 6.02. The summed E-state index contributed by atoms with van der Waals surface area (Å²) in [7, 11) is 1.71. The summed E-state index contributed by atoms with van der Waals surface area (Å²) in [6.07, 6.45) is 2.77. The third-order valence-corrected chi connectivity index (χ3v) is 3.68. The molecule has 0 radical (unpaired) electrons. The zero-order chi connectivity index (χ0) is 12.4. The van der Waals surface area contributed by atoms with Gasteiger partial charge in [-0.25, -0.2) is 5.10 Å². The van der Waals surface area contributed by atoms with Crippen molar-refractivity contribution in [3.05, 3.63) is 21.6 Å². The summed E-state index contributed by atoms with van der Waals surface area (Å²) in [4.78, 5) is 13.4. The van der Waals surface area contributed by atoms with Crippen LogP contribution in [-0.4, -0.2) is 36.5 Å². The minimum Gasteiger partial charge on any atom is -0.379 e.